The summed E-state index contributed by atoms with van der Waals surface area (Å²) in [5, 5.41) is 32.8. The molecule has 50 valence electrons. The molecule has 0 saturated carbocycles. The molecular formula is C4H10O4. The van der Waals surface area contributed by atoms with Crippen molar-refractivity contribution in [2.24, 2.45) is 0 Å². The maximum atomic E-state index is 8.46. The molecule has 4 N–H and O–H groups in total. The van der Waals surface area contributed by atoms with E-state index in [1.165, 1.54) is 0 Å². The smallest absolute Gasteiger partial charge is 0.153 e. The Morgan fingerprint density at radius 2 is 1.62 bits per heavy atom. The van der Waals surface area contributed by atoms with E-state index in [9.17, 15) is 0 Å². The second-order valence-corrected chi connectivity index (χ2v) is 1.55. The molecule has 1 atom stereocenters. The Kier molecular flexibility index (Phi) is 3.72. The lowest BCUT2D eigenvalue weighted by atomic mass is 10.3. The molecule has 0 rings (SSSR count). The normalized spacial score (nSPS) is 14.6. The second kappa shape index (κ2) is 3.80. The lowest BCUT2D eigenvalue weighted by molar-refractivity contribution is -0.0770. The van der Waals surface area contributed by atoms with E-state index in [2.05, 4.69) is 0 Å². The molecule has 0 amide bonds. The van der Waals surface area contributed by atoms with Crippen molar-refractivity contribution in [1.29, 1.82) is 0 Å². The number of aliphatic hydroxyl groups is 4. The van der Waals surface area contributed by atoms with Gasteiger partial charge in [-0.15, -0.1) is 0 Å². The predicted octanol–water partition coefficient (Wildman–Crippen LogP) is -1.96. The Bertz CT molecular complexity index is 54.0. The summed E-state index contributed by atoms with van der Waals surface area (Å²) >= 11 is 0. The van der Waals surface area contributed by atoms with E-state index < -0.39 is 19.0 Å². The first kappa shape index (κ1) is 7.84. The van der Waals surface area contributed by atoms with Gasteiger partial charge < -0.3 is 20.4 Å². The van der Waals surface area contributed by atoms with Crippen LogP contribution in [0.1, 0.15) is 6.42 Å². The molecule has 0 aliphatic heterocycles. The molecule has 0 aromatic rings. The molecule has 0 unspecified atom stereocenters. The molecule has 0 bridgehead atoms. The summed E-state index contributed by atoms with van der Waals surface area (Å²) in [5.41, 5.74) is 0. The Morgan fingerprint density at radius 3 is 1.75 bits per heavy atom. The Hall–Kier alpha value is -0.160. The maximum absolute atomic E-state index is 8.46. The average molecular weight is 122 g/mol. The molecule has 0 aromatic carbocycles. The molecule has 0 aliphatic carbocycles. The summed E-state index contributed by atoms with van der Waals surface area (Å²) in [6.45, 7) is -0.433. The minimum absolute atomic E-state index is 0.198. The summed E-state index contributed by atoms with van der Waals surface area (Å²) in [6, 6.07) is 0. The minimum Gasteiger partial charge on any atom is -0.394 e. The zero-order valence-corrected chi connectivity index (χ0v) is 4.36. The van der Waals surface area contributed by atoms with Crippen molar-refractivity contribution in [3.63, 3.8) is 0 Å². The van der Waals surface area contributed by atoms with Gasteiger partial charge in [-0.2, -0.15) is 0 Å². The van der Waals surface area contributed by atoms with Crippen molar-refractivity contribution in [3.8, 4) is 0 Å². The van der Waals surface area contributed by atoms with Gasteiger partial charge in [0.1, 0.15) is 0 Å². The topological polar surface area (TPSA) is 80.9 Å². The lowest BCUT2D eigenvalue weighted by Gasteiger charge is -2.06. The van der Waals surface area contributed by atoms with Gasteiger partial charge in [0.25, 0.3) is 0 Å². The van der Waals surface area contributed by atoms with Crippen LogP contribution >= 0.6 is 0 Å². The fourth-order valence-corrected chi connectivity index (χ4v) is 0.318. The van der Waals surface area contributed by atoms with Gasteiger partial charge in [0.05, 0.1) is 12.7 Å². The van der Waals surface area contributed by atoms with Gasteiger partial charge in [0, 0.05) is 6.42 Å². The van der Waals surface area contributed by atoms with Crippen LogP contribution in [-0.2, 0) is 0 Å². The van der Waals surface area contributed by atoms with Gasteiger partial charge in [0.15, 0.2) is 6.29 Å². The van der Waals surface area contributed by atoms with E-state index in [1.807, 2.05) is 0 Å². The quantitative estimate of drug-likeness (QED) is 0.328. The fourth-order valence-electron chi connectivity index (χ4n) is 0.318. The molecule has 4 heteroatoms. The maximum Gasteiger partial charge on any atom is 0.153 e. The summed E-state index contributed by atoms with van der Waals surface area (Å²) in [5.74, 6) is 0. The second-order valence-electron chi connectivity index (χ2n) is 1.55. The van der Waals surface area contributed by atoms with E-state index >= 15 is 0 Å². The van der Waals surface area contributed by atoms with Crippen molar-refractivity contribution in [2.75, 3.05) is 6.61 Å². The van der Waals surface area contributed by atoms with E-state index in [-0.39, 0.29) is 6.42 Å². The molecule has 0 heterocycles. The number of hydrogen-bond donors (Lipinski definition) is 4. The zero-order chi connectivity index (χ0) is 6.57. The standard InChI is InChI=1S/C4H10O4/c5-2-3(6)1-4(7)8/h3-8H,1-2H2/t3-/m0/s1. The molecular weight excluding hydrogens is 112 g/mol. The molecule has 0 aliphatic rings. The molecule has 0 spiro atoms. The summed E-state index contributed by atoms with van der Waals surface area (Å²) in [7, 11) is 0. The molecule has 4 nitrogen and oxygen atoms in total. The van der Waals surface area contributed by atoms with Crippen molar-refractivity contribution >= 4 is 0 Å². The Morgan fingerprint density at radius 1 is 1.12 bits per heavy atom. The van der Waals surface area contributed by atoms with E-state index in [4.69, 9.17) is 20.4 Å². The summed E-state index contributed by atoms with van der Waals surface area (Å²) in [4.78, 5) is 0. The third-order valence-corrected chi connectivity index (χ3v) is 0.694. The molecule has 0 aromatic heterocycles. The zero-order valence-electron chi connectivity index (χ0n) is 4.36. The summed E-state index contributed by atoms with van der Waals surface area (Å²) in [6.07, 6.45) is -2.75. The van der Waals surface area contributed by atoms with Crippen molar-refractivity contribution in [3.05, 3.63) is 0 Å². The van der Waals surface area contributed by atoms with Crippen molar-refractivity contribution in [1.82, 2.24) is 0 Å². The van der Waals surface area contributed by atoms with Crippen LogP contribution < -0.4 is 0 Å². The van der Waals surface area contributed by atoms with E-state index in [1.54, 1.807) is 0 Å². The highest BCUT2D eigenvalue weighted by Gasteiger charge is 2.05. The molecule has 0 radical (unpaired) electrons. The Balaban J connectivity index is 3.10. The third-order valence-electron chi connectivity index (χ3n) is 0.694. The number of rotatable bonds is 3. The molecule has 8 heavy (non-hydrogen) atoms. The summed E-state index contributed by atoms with van der Waals surface area (Å²) < 4.78 is 0. The first-order chi connectivity index (χ1) is 3.66. The number of aliphatic hydroxyl groups excluding tert-OH is 3. The van der Waals surface area contributed by atoms with Gasteiger partial charge in [-0.25, -0.2) is 0 Å². The highest BCUT2D eigenvalue weighted by molar-refractivity contribution is 4.51. The van der Waals surface area contributed by atoms with Gasteiger partial charge in [0.2, 0.25) is 0 Å². The van der Waals surface area contributed by atoms with Crippen LogP contribution in [0, 0.1) is 0 Å². The van der Waals surface area contributed by atoms with E-state index in [0.717, 1.165) is 0 Å². The van der Waals surface area contributed by atoms with Crippen LogP contribution in [0.4, 0.5) is 0 Å². The van der Waals surface area contributed by atoms with Crippen LogP contribution in [0.5, 0.6) is 0 Å². The van der Waals surface area contributed by atoms with Gasteiger partial charge in [-0.3, -0.25) is 0 Å². The monoisotopic (exact) mass is 122 g/mol. The first-order valence-corrected chi connectivity index (χ1v) is 2.32. The van der Waals surface area contributed by atoms with Crippen LogP contribution in [0.25, 0.3) is 0 Å². The molecule has 0 saturated heterocycles. The van der Waals surface area contributed by atoms with Gasteiger partial charge in [-0.05, 0) is 0 Å². The van der Waals surface area contributed by atoms with Crippen molar-refractivity contribution in [2.45, 2.75) is 18.8 Å². The third kappa shape index (κ3) is 4.01. The highest BCUT2D eigenvalue weighted by atomic mass is 16.5. The van der Waals surface area contributed by atoms with Crippen LogP contribution in [-0.4, -0.2) is 39.4 Å². The van der Waals surface area contributed by atoms with Gasteiger partial charge >= 0.3 is 0 Å². The van der Waals surface area contributed by atoms with Crippen LogP contribution in [0.15, 0.2) is 0 Å². The predicted molar refractivity (Wildman–Crippen MR) is 25.9 cm³/mol. The first-order valence-electron chi connectivity index (χ1n) is 2.32. The van der Waals surface area contributed by atoms with Crippen LogP contribution in [0.3, 0.4) is 0 Å². The van der Waals surface area contributed by atoms with E-state index in [0.29, 0.717) is 0 Å². The SMILES string of the molecule is OC[C@@H](O)CC(O)O. The number of hydrogen-bond acceptors (Lipinski definition) is 4. The fraction of sp³-hybridized carbons (Fsp3) is 1.00. The van der Waals surface area contributed by atoms with Crippen molar-refractivity contribution < 1.29 is 20.4 Å². The highest BCUT2D eigenvalue weighted by Crippen LogP contribution is 1.92. The largest absolute Gasteiger partial charge is 0.394 e. The molecule has 0 fully saturated rings. The minimum atomic E-state index is -1.53. The average Bonchev–Trinajstić information content (AvgIpc) is 1.65. The lowest BCUT2D eigenvalue weighted by Crippen LogP contribution is -2.19. The van der Waals surface area contributed by atoms with Crippen LogP contribution in [0.2, 0.25) is 0 Å². The Labute approximate surface area is 47.0 Å². The van der Waals surface area contributed by atoms with Gasteiger partial charge in [-0.1, -0.05) is 0 Å².